The Morgan fingerprint density at radius 1 is 0.914 bits per heavy atom. The monoisotopic (exact) mass is 480 g/mol. The van der Waals surface area contributed by atoms with Gasteiger partial charge in [-0.25, -0.2) is 0 Å². The van der Waals surface area contributed by atoms with E-state index in [1.807, 2.05) is 60.7 Å². The van der Waals surface area contributed by atoms with E-state index in [0.717, 1.165) is 10.9 Å². The predicted molar refractivity (Wildman–Crippen MR) is 140 cm³/mol. The first-order valence-corrected chi connectivity index (χ1v) is 11.3. The Morgan fingerprint density at radius 3 is 2.31 bits per heavy atom. The number of aromatic nitrogens is 1. The largest absolute Gasteiger partial charge is 0.337 e. The maximum Gasteiger partial charge on any atom is 0.270 e. The van der Waals surface area contributed by atoms with Crippen molar-refractivity contribution in [3.8, 4) is 0 Å². The summed E-state index contributed by atoms with van der Waals surface area (Å²) in [5.41, 5.74) is 2.68. The van der Waals surface area contributed by atoms with E-state index < -0.39 is 11.8 Å². The van der Waals surface area contributed by atoms with Crippen molar-refractivity contribution < 1.29 is 14.4 Å². The zero-order chi connectivity index (χ0) is 24.4. The quantitative estimate of drug-likeness (QED) is 0.256. The van der Waals surface area contributed by atoms with Crippen LogP contribution in [0.3, 0.4) is 0 Å². The normalized spacial score (nSPS) is 14.9. The number of rotatable bonds is 5. The van der Waals surface area contributed by atoms with Crippen molar-refractivity contribution in [1.82, 2.24) is 9.88 Å². The Labute approximate surface area is 206 Å². The van der Waals surface area contributed by atoms with Gasteiger partial charge in [0.25, 0.3) is 11.8 Å². The number of thiocarbonyl (C=S) groups is 1. The van der Waals surface area contributed by atoms with Gasteiger partial charge in [0.05, 0.1) is 5.69 Å². The molecule has 4 aromatic rings. The molecule has 1 aliphatic rings. The van der Waals surface area contributed by atoms with Crippen LogP contribution in [0.1, 0.15) is 5.56 Å². The lowest BCUT2D eigenvalue weighted by Gasteiger charge is -2.28. The fourth-order valence-electron chi connectivity index (χ4n) is 4.02. The number of hydrogen-bond acceptors (Lipinski definition) is 4. The number of amides is 3. The molecule has 1 aromatic heterocycles. The Hall–Kier alpha value is -4.56. The van der Waals surface area contributed by atoms with Crippen molar-refractivity contribution in [3.05, 3.63) is 102 Å². The summed E-state index contributed by atoms with van der Waals surface area (Å²) in [5, 5.41) is 6.32. The number of hydrogen-bond donors (Lipinski definition) is 2. The second-order valence-corrected chi connectivity index (χ2v) is 8.32. The van der Waals surface area contributed by atoms with Crippen molar-refractivity contribution in [2.24, 2.45) is 0 Å². The number of fused-ring (bicyclic) bond motifs is 1. The highest BCUT2D eigenvalue weighted by Gasteiger charge is 2.34. The second kappa shape index (κ2) is 9.36. The minimum absolute atomic E-state index is 0.0309. The summed E-state index contributed by atoms with van der Waals surface area (Å²) in [4.78, 5) is 40.0. The van der Waals surface area contributed by atoms with Crippen LogP contribution >= 0.6 is 12.2 Å². The van der Waals surface area contributed by atoms with Gasteiger partial charge in [-0.1, -0.05) is 54.6 Å². The molecule has 2 N–H and O–H groups in total. The lowest BCUT2D eigenvalue weighted by atomic mass is 10.1. The van der Waals surface area contributed by atoms with Crippen LogP contribution in [0, 0.1) is 0 Å². The predicted octanol–water partition coefficient (Wildman–Crippen LogP) is 4.11. The van der Waals surface area contributed by atoms with Crippen molar-refractivity contribution in [1.29, 1.82) is 0 Å². The minimum atomic E-state index is -0.564. The summed E-state index contributed by atoms with van der Waals surface area (Å²) in [6.07, 6.45) is 3.31. The molecular formula is C27H20N4O3S. The van der Waals surface area contributed by atoms with Crippen molar-refractivity contribution in [3.63, 3.8) is 0 Å². The molecule has 3 aromatic carbocycles. The van der Waals surface area contributed by atoms with Crippen molar-refractivity contribution in [2.45, 2.75) is 6.54 Å². The van der Waals surface area contributed by atoms with E-state index in [1.54, 1.807) is 41.1 Å². The number of carbonyl (C=O) groups excluding carboxylic acids is 3. The molecule has 1 saturated heterocycles. The molecular weight excluding hydrogens is 460 g/mol. The third kappa shape index (κ3) is 4.47. The van der Waals surface area contributed by atoms with Gasteiger partial charge in [-0.2, -0.15) is 0 Å². The van der Waals surface area contributed by atoms with Gasteiger partial charge in [0.1, 0.15) is 12.1 Å². The molecule has 0 atom stereocenters. The van der Waals surface area contributed by atoms with Crippen molar-refractivity contribution >= 4 is 63.4 Å². The number of nitrogens with zero attached hydrogens (tertiary/aromatic N) is 2. The molecule has 0 radical (unpaired) electrons. The molecule has 7 nitrogen and oxygen atoms in total. The summed E-state index contributed by atoms with van der Waals surface area (Å²) in [5.74, 6) is -1.27. The van der Waals surface area contributed by atoms with Crippen LogP contribution in [0.25, 0.3) is 17.0 Å². The maximum absolute atomic E-state index is 13.3. The van der Waals surface area contributed by atoms with E-state index in [0.29, 0.717) is 16.9 Å². The van der Waals surface area contributed by atoms with Gasteiger partial charge in [-0.3, -0.25) is 24.6 Å². The van der Waals surface area contributed by atoms with E-state index in [-0.39, 0.29) is 23.1 Å². The molecule has 8 heteroatoms. The molecule has 0 saturated carbocycles. The first-order chi connectivity index (χ1) is 17.0. The highest BCUT2D eigenvalue weighted by atomic mass is 32.1. The van der Waals surface area contributed by atoms with Gasteiger partial charge >= 0.3 is 0 Å². The van der Waals surface area contributed by atoms with Crippen LogP contribution in [-0.4, -0.2) is 27.4 Å². The van der Waals surface area contributed by atoms with Crippen LogP contribution in [0.15, 0.2) is 96.7 Å². The van der Waals surface area contributed by atoms with E-state index in [1.165, 1.54) is 4.90 Å². The Bertz CT molecular complexity index is 1490. The zero-order valence-electron chi connectivity index (χ0n) is 18.5. The summed E-state index contributed by atoms with van der Waals surface area (Å²) in [7, 11) is 0. The van der Waals surface area contributed by atoms with E-state index in [4.69, 9.17) is 12.2 Å². The lowest BCUT2D eigenvalue weighted by molar-refractivity contribution is -0.122. The number of carbonyl (C=O) groups is 3. The molecule has 5 rings (SSSR count). The fourth-order valence-corrected chi connectivity index (χ4v) is 4.30. The average molecular weight is 481 g/mol. The summed E-state index contributed by atoms with van der Waals surface area (Å²) in [6, 6.07) is 25.6. The molecule has 0 unspecified atom stereocenters. The Morgan fingerprint density at radius 2 is 1.57 bits per heavy atom. The van der Waals surface area contributed by atoms with Gasteiger partial charge in [0.15, 0.2) is 5.11 Å². The topological polar surface area (TPSA) is 83.4 Å². The standard InChI is InChI=1S/C27H20N4O3S/c32-24(28-19-9-3-1-4-10-19)17-30-16-18(21-13-7-8-14-23(21)30)15-22-25(33)29-27(35)31(26(22)34)20-11-5-2-6-12-20/h1-16H,17H2,(H,28,32)(H,29,33,35)/b22-15-. The third-order valence-corrected chi connectivity index (χ3v) is 5.89. The smallest absolute Gasteiger partial charge is 0.270 e. The molecule has 1 fully saturated rings. The van der Waals surface area contributed by atoms with Gasteiger partial charge in [0.2, 0.25) is 5.91 Å². The van der Waals surface area contributed by atoms with Crippen LogP contribution < -0.4 is 15.5 Å². The molecule has 0 aliphatic carbocycles. The highest BCUT2D eigenvalue weighted by Crippen LogP contribution is 2.26. The number of nitrogens with one attached hydrogen (secondary N) is 2. The SMILES string of the molecule is O=C(Cn1cc(/C=C2/C(=O)NC(=S)N(c3ccccc3)C2=O)c2ccccc21)Nc1ccccc1. The number of para-hydroxylation sites is 3. The fraction of sp³-hybridized carbons (Fsp3) is 0.0370. The molecule has 1 aliphatic heterocycles. The Balaban J connectivity index is 1.49. The van der Waals surface area contributed by atoms with E-state index >= 15 is 0 Å². The molecule has 2 heterocycles. The van der Waals surface area contributed by atoms with E-state index in [9.17, 15) is 14.4 Å². The van der Waals surface area contributed by atoms with Crippen LogP contribution in [0.2, 0.25) is 0 Å². The van der Waals surface area contributed by atoms with Crippen LogP contribution in [-0.2, 0) is 20.9 Å². The summed E-state index contributed by atoms with van der Waals surface area (Å²) < 4.78 is 1.80. The third-order valence-electron chi connectivity index (χ3n) is 5.61. The number of anilines is 2. The molecule has 0 bridgehead atoms. The zero-order valence-corrected chi connectivity index (χ0v) is 19.3. The molecule has 3 amide bonds. The number of benzene rings is 3. The molecule has 172 valence electrons. The Kier molecular flexibility index (Phi) is 5.95. The van der Waals surface area contributed by atoms with Crippen LogP contribution in [0.4, 0.5) is 11.4 Å². The lowest BCUT2D eigenvalue weighted by Crippen LogP contribution is -2.54. The first-order valence-electron chi connectivity index (χ1n) is 10.9. The maximum atomic E-state index is 13.3. The molecule has 0 spiro atoms. The molecule has 35 heavy (non-hydrogen) atoms. The van der Waals surface area contributed by atoms with Gasteiger partial charge < -0.3 is 9.88 Å². The minimum Gasteiger partial charge on any atom is -0.337 e. The van der Waals surface area contributed by atoms with E-state index in [2.05, 4.69) is 10.6 Å². The summed E-state index contributed by atoms with van der Waals surface area (Å²) in [6.45, 7) is 0.0684. The van der Waals surface area contributed by atoms with Crippen molar-refractivity contribution in [2.75, 3.05) is 10.2 Å². The van der Waals surface area contributed by atoms with Gasteiger partial charge in [0, 0.05) is 28.4 Å². The second-order valence-electron chi connectivity index (χ2n) is 7.94. The summed E-state index contributed by atoms with van der Waals surface area (Å²) >= 11 is 5.26. The average Bonchev–Trinajstić information content (AvgIpc) is 3.20. The first kappa shape index (κ1) is 22.2. The van der Waals surface area contributed by atoms with Crippen LogP contribution in [0.5, 0.6) is 0 Å². The van der Waals surface area contributed by atoms with Gasteiger partial charge in [-0.05, 0) is 48.6 Å². The van der Waals surface area contributed by atoms with Gasteiger partial charge in [-0.15, -0.1) is 0 Å². The highest BCUT2D eigenvalue weighted by molar-refractivity contribution is 7.80.